The van der Waals surface area contributed by atoms with Crippen LogP contribution in [0.1, 0.15) is 44.0 Å². The molecular weight excluding hydrogens is 328 g/mol. The van der Waals surface area contributed by atoms with Crippen LogP contribution in [-0.4, -0.2) is 42.3 Å². The second-order valence-corrected chi connectivity index (χ2v) is 7.33. The lowest BCUT2D eigenvalue weighted by Gasteiger charge is -2.27. The second-order valence-electron chi connectivity index (χ2n) is 6.27. The van der Waals surface area contributed by atoms with Crippen LogP contribution in [0, 0.1) is 11.8 Å². The smallest absolute Gasteiger partial charge is 0.305 e. The van der Waals surface area contributed by atoms with Gasteiger partial charge < -0.3 is 15.4 Å². The van der Waals surface area contributed by atoms with Gasteiger partial charge in [0, 0.05) is 19.3 Å². The van der Waals surface area contributed by atoms with Gasteiger partial charge in [0.2, 0.25) is 11.0 Å². The normalized spacial score (nSPS) is 18.8. The van der Waals surface area contributed by atoms with E-state index in [4.69, 9.17) is 0 Å². The molecule has 0 aliphatic carbocycles. The third-order valence-electron chi connectivity index (χ3n) is 4.36. The lowest BCUT2D eigenvalue weighted by molar-refractivity contribution is -0.140. The third kappa shape index (κ3) is 6.16. The highest BCUT2D eigenvalue weighted by Gasteiger charge is 2.22. The highest BCUT2D eigenvalue weighted by atomic mass is 32.1. The van der Waals surface area contributed by atoms with E-state index in [9.17, 15) is 9.59 Å². The summed E-state index contributed by atoms with van der Waals surface area (Å²) in [6.45, 7) is 4.21. The molecule has 1 fully saturated rings. The lowest BCUT2D eigenvalue weighted by atomic mass is 9.85. The molecule has 2 atom stereocenters. The average Bonchev–Trinajstić information content (AvgIpc) is 3.02. The van der Waals surface area contributed by atoms with Gasteiger partial charge in [-0.15, -0.1) is 10.2 Å². The second kappa shape index (κ2) is 9.68. The number of esters is 1. The minimum Gasteiger partial charge on any atom is -0.469 e. The van der Waals surface area contributed by atoms with E-state index in [0.29, 0.717) is 42.7 Å². The summed E-state index contributed by atoms with van der Waals surface area (Å²) in [5.74, 6) is 0.683. The van der Waals surface area contributed by atoms with Crippen molar-refractivity contribution in [1.29, 1.82) is 0 Å². The van der Waals surface area contributed by atoms with Gasteiger partial charge in [-0.2, -0.15) is 0 Å². The summed E-state index contributed by atoms with van der Waals surface area (Å²) in [6, 6.07) is 0. The summed E-state index contributed by atoms with van der Waals surface area (Å²) in [5.41, 5.74) is 0. The van der Waals surface area contributed by atoms with Gasteiger partial charge in [0.25, 0.3) is 0 Å². The Morgan fingerprint density at radius 3 is 3.00 bits per heavy atom. The standard InChI is InChI=1S/C16H26N4O3S/c1-11(12-5-4-8-17-10-12)9-13(21)18-16-20-19-14(24-16)6-3-7-15(22)23-2/h11-12,17H,3-10H2,1-2H3,(H,18,20,21). The predicted octanol–water partition coefficient (Wildman–Crippen LogP) is 2.00. The molecule has 1 aromatic rings. The maximum absolute atomic E-state index is 12.2. The Morgan fingerprint density at radius 1 is 1.46 bits per heavy atom. The van der Waals surface area contributed by atoms with E-state index in [-0.39, 0.29) is 11.9 Å². The largest absolute Gasteiger partial charge is 0.469 e. The molecular formula is C16H26N4O3S. The minimum atomic E-state index is -0.223. The van der Waals surface area contributed by atoms with E-state index < -0.39 is 0 Å². The number of hydrogen-bond acceptors (Lipinski definition) is 7. The van der Waals surface area contributed by atoms with Gasteiger partial charge in [-0.3, -0.25) is 9.59 Å². The topological polar surface area (TPSA) is 93.2 Å². The van der Waals surface area contributed by atoms with Gasteiger partial charge in [0.15, 0.2) is 0 Å². The summed E-state index contributed by atoms with van der Waals surface area (Å²) < 4.78 is 4.60. The fraction of sp³-hybridized carbons (Fsp3) is 0.750. The first kappa shape index (κ1) is 18.8. The molecule has 0 aromatic carbocycles. The number of hydrogen-bond donors (Lipinski definition) is 2. The zero-order valence-corrected chi connectivity index (χ0v) is 15.2. The molecule has 7 nitrogen and oxygen atoms in total. The predicted molar refractivity (Wildman–Crippen MR) is 92.9 cm³/mol. The molecule has 0 radical (unpaired) electrons. The van der Waals surface area contributed by atoms with Crippen molar-refractivity contribution in [2.75, 3.05) is 25.5 Å². The number of amides is 1. The highest BCUT2D eigenvalue weighted by Crippen LogP contribution is 2.23. The van der Waals surface area contributed by atoms with E-state index in [1.54, 1.807) is 0 Å². The van der Waals surface area contributed by atoms with Crippen LogP contribution in [0.3, 0.4) is 0 Å². The number of nitrogens with one attached hydrogen (secondary N) is 2. The number of piperidine rings is 1. The quantitative estimate of drug-likeness (QED) is 0.694. The van der Waals surface area contributed by atoms with E-state index in [1.807, 2.05) is 0 Å². The van der Waals surface area contributed by atoms with E-state index in [2.05, 4.69) is 32.5 Å². The molecule has 24 heavy (non-hydrogen) atoms. The fourth-order valence-corrected chi connectivity index (χ4v) is 3.68. The number of aromatic nitrogens is 2. The van der Waals surface area contributed by atoms with Gasteiger partial charge >= 0.3 is 5.97 Å². The number of ether oxygens (including phenoxy) is 1. The molecule has 134 valence electrons. The van der Waals surface area contributed by atoms with Gasteiger partial charge in [-0.1, -0.05) is 18.3 Å². The summed E-state index contributed by atoms with van der Waals surface area (Å²) in [6.07, 6.45) is 4.56. The number of nitrogens with zero attached hydrogens (tertiary/aromatic N) is 2. The van der Waals surface area contributed by atoms with E-state index in [1.165, 1.54) is 31.3 Å². The first-order chi connectivity index (χ1) is 11.6. The Hall–Kier alpha value is -1.54. The van der Waals surface area contributed by atoms with Crippen LogP contribution < -0.4 is 10.6 Å². The third-order valence-corrected chi connectivity index (χ3v) is 5.26. The van der Waals surface area contributed by atoms with Crippen LogP contribution in [0.25, 0.3) is 0 Å². The van der Waals surface area contributed by atoms with Crippen LogP contribution in [0.2, 0.25) is 0 Å². The van der Waals surface area contributed by atoms with Gasteiger partial charge in [-0.05, 0) is 44.2 Å². The van der Waals surface area contributed by atoms with E-state index in [0.717, 1.165) is 18.1 Å². The molecule has 1 aliphatic rings. The van der Waals surface area contributed by atoms with Crippen molar-refractivity contribution in [3.63, 3.8) is 0 Å². The molecule has 2 N–H and O–H groups in total. The number of carbonyl (C=O) groups is 2. The highest BCUT2D eigenvalue weighted by molar-refractivity contribution is 7.15. The van der Waals surface area contributed by atoms with Crippen molar-refractivity contribution < 1.29 is 14.3 Å². The van der Waals surface area contributed by atoms with Crippen LogP contribution in [0.15, 0.2) is 0 Å². The summed E-state index contributed by atoms with van der Waals surface area (Å²) in [5, 5.41) is 15.6. The molecule has 0 saturated carbocycles. The van der Waals surface area contributed by atoms with Crippen molar-refractivity contribution in [3.05, 3.63) is 5.01 Å². The molecule has 2 unspecified atom stereocenters. The summed E-state index contributed by atoms with van der Waals surface area (Å²) >= 11 is 1.36. The molecule has 8 heteroatoms. The SMILES string of the molecule is COC(=O)CCCc1nnc(NC(=O)CC(C)C2CCCNC2)s1. The summed E-state index contributed by atoms with van der Waals surface area (Å²) in [4.78, 5) is 23.2. The first-order valence-corrected chi connectivity index (χ1v) is 9.30. The van der Waals surface area contributed by atoms with Crippen molar-refractivity contribution in [2.24, 2.45) is 11.8 Å². The zero-order valence-electron chi connectivity index (χ0n) is 14.3. The molecule has 1 aliphatic heterocycles. The number of methoxy groups -OCH3 is 1. The molecule has 1 amide bonds. The molecule has 0 spiro atoms. The number of anilines is 1. The number of rotatable bonds is 8. The van der Waals surface area contributed by atoms with Crippen molar-refractivity contribution in [3.8, 4) is 0 Å². The molecule has 2 rings (SSSR count). The molecule has 2 heterocycles. The average molecular weight is 354 g/mol. The van der Waals surface area contributed by atoms with Gasteiger partial charge in [-0.25, -0.2) is 0 Å². The Morgan fingerprint density at radius 2 is 2.29 bits per heavy atom. The van der Waals surface area contributed by atoms with Crippen molar-refractivity contribution in [2.45, 2.75) is 45.4 Å². The van der Waals surface area contributed by atoms with Crippen LogP contribution in [0.4, 0.5) is 5.13 Å². The number of carbonyl (C=O) groups excluding carboxylic acids is 2. The Bertz CT molecular complexity index is 543. The van der Waals surface area contributed by atoms with Crippen molar-refractivity contribution in [1.82, 2.24) is 15.5 Å². The Labute approximate surface area is 146 Å². The molecule has 1 aromatic heterocycles. The van der Waals surface area contributed by atoms with Crippen LogP contribution in [0.5, 0.6) is 0 Å². The first-order valence-electron chi connectivity index (χ1n) is 8.48. The van der Waals surface area contributed by atoms with Gasteiger partial charge in [0.1, 0.15) is 5.01 Å². The minimum absolute atomic E-state index is 0.00895. The molecule has 0 bridgehead atoms. The fourth-order valence-electron chi connectivity index (χ4n) is 2.89. The van der Waals surface area contributed by atoms with Gasteiger partial charge in [0.05, 0.1) is 7.11 Å². The Balaban J connectivity index is 1.72. The van der Waals surface area contributed by atoms with Crippen molar-refractivity contribution >= 4 is 28.3 Å². The van der Waals surface area contributed by atoms with Crippen LogP contribution >= 0.6 is 11.3 Å². The number of aryl methyl sites for hydroxylation is 1. The monoisotopic (exact) mass is 354 g/mol. The zero-order chi connectivity index (χ0) is 17.4. The summed E-state index contributed by atoms with van der Waals surface area (Å²) in [7, 11) is 1.38. The Kier molecular flexibility index (Phi) is 7.58. The maximum Gasteiger partial charge on any atom is 0.305 e. The lowest BCUT2D eigenvalue weighted by Crippen LogP contribution is -2.34. The van der Waals surface area contributed by atoms with Crippen LogP contribution in [-0.2, 0) is 20.7 Å². The van der Waals surface area contributed by atoms with E-state index >= 15 is 0 Å². The molecule has 1 saturated heterocycles. The maximum atomic E-state index is 12.2.